The fraction of sp³-hybridized carbons (Fsp3) is 0.250. The molecule has 2 aromatic carbocycles. The molecule has 1 N–H and O–H groups in total. The van der Waals surface area contributed by atoms with Gasteiger partial charge in [0.15, 0.2) is 5.13 Å². The number of hydrogen-bond acceptors (Lipinski definition) is 6. The minimum Gasteiger partial charge on any atom is -0.334 e. The number of carbonyl (C=O) groups is 1. The van der Waals surface area contributed by atoms with Crippen molar-refractivity contribution in [2.75, 3.05) is 16.8 Å². The number of rotatable bonds is 4. The molecule has 5 rings (SSSR count). The van der Waals surface area contributed by atoms with Crippen LogP contribution in [0.25, 0.3) is 21.5 Å². The predicted octanol–water partition coefficient (Wildman–Crippen LogP) is 5.36. The molecule has 4 aromatic rings. The first-order valence-electron chi connectivity index (χ1n) is 10.4. The maximum atomic E-state index is 11.3. The topological polar surface area (TPSA) is 71.0 Å². The standard InChI is InChI=1S/C24H23N5OS/c1-15-6-3-4-7-18(15)21-8-5-13-29(21)23-25-12-11-19(27-23)17-9-10-20-22(14-17)31-24(28-20)26-16(2)30/h3-4,6-7,9-12,14,21H,5,8,13H2,1-2H3,(H,26,28,30). The Morgan fingerprint density at radius 1 is 1.16 bits per heavy atom. The molecule has 0 radical (unpaired) electrons. The number of aryl methyl sites for hydroxylation is 1. The molecule has 0 aliphatic carbocycles. The highest BCUT2D eigenvalue weighted by Crippen LogP contribution is 2.37. The van der Waals surface area contributed by atoms with Crippen LogP contribution in [0.5, 0.6) is 0 Å². The molecule has 1 aliphatic heterocycles. The molecular formula is C24H23N5OS. The van der Waals surface area contributed by atoms with Crippen LogP contribution in [0, 0.1) is 6.92 Å². The van der Waals surface area contributed by atoms with E-state index in [1.807, 2.05) is 24.4 Å². The van der Waals surface area contributed by atoms with E-state index in [9.17, 15) is 4.79 Å². The number of anilines is 2. The molecule has 31 heavy (non-hydrogen) atoms. The molecule has 1 saturated heterocycles. The van der Waals surface area contributed by atoms with Crippen LogP contribution in [-0.4, -0.2) is 27.4 Å². The van der Waals surface area contributed by atoms with Gasteiger partial charge in [0.2, 0.25) is 11.9 Å². The van der Waals surface area contributed by atoms with E-state index in [-0.39, 0.29) is 5.91 Å². The largest absolute Gasteiger partial charge is 0.334 e. The van der Waals surface area contributed by atoms with Gasteiger partial charge in [0.1, 0.15) is 0 Å². The first-order chi connectivity index (χ1) is 15.1. The SMILES string of the molecule is CC(=O)Nc1nc2ccc(-c3ccnc(N4CCCC4c4ccccc4C)n3)cc2s1. The van der Waals surface area contributed by atoms with E-state index in [1.165, 1.54) is 29.4 Å². The summed E-state index contributed by atoms with van der Waals surface area (Å²) >= 11 is 1.47. The Labute approximate surface area is 185 Å². The van der Waals surface area contributed by atoms with Gasteiger partial charge in [-0.3, -0.25) is 4.79 Å². The van der Waals surface area contributed by atoms with Crippen LogP contribution in [0.2, 0.25) is 0 Å². The number of fused-ring (bicyclic) bond motifs is 1. The molecule has 1 aliphatic rings. The van der Waals surface area contributed by atoms with Gasteiger partial charge in [0, 0.05) is 25.2 Å². The van der Waals surface area contributed by atoms with Gasteiger partial charge in [-0.25, -0.2) is 15.0 Å². The summed E-state index contributed by atoms with van der Waals surface area (Å²) in [4.78, 5) is 27.6. The highest BCUT2D eigenvalue weighted by Gasteiger charge is 2.29. The van der Waals surface area contributed by atoms with E-state index < -0.39 is 0 Å². The van der Waals surface area contributed by atoms with Crippen LogP contribution < -0.4 is 10.2 Å². The van der Waals surface area contributed by atoms with E-state index in [0.29, 0.717) is 11.2 Å². The summed E-state index contributed by atoms with van der Waals surface area (Å²) in [5.74, 6) is 0.653. The molecule has 0 spiro atoms. The molecule has 3 heterocycles. The van der Waals surface area contributed by atoms with Gasteiger partial charge >= 0.3 is 0 Å². The number of hydrogen-bond donors (Lipinski definition) is 1. The summed E-state index contributed by atoms with van der Waals surface area (Å²) in [6.07, 6.45) is 4.08. The highest BCUT2D eigenvalue weighted by molar-refractivity contribution is 7.22. The van der Waals surface area contributed by atoms with E-state index in [0.717, 1.165) is 46.8 Å². The fourth-order valence-corrected chi connectivity index (χ4v) is 5.18. The minimum absolute atomic E-state index is 0.117. The Hall–Kier alpha value is -3.32. The predicted molar refractivity (Wildman–Crippen MR) is 125 cm³/mol. The average Bonchev–Trinajstić information content (AvgIpc) is 3.39. The van der Waals surface area contributed by atoms with Crippen molar-refractivity contribution < 1.29 is 4.79 Å². The average molecular weight is 430 g/mol. The van der Waals surface area contributed by atoms with Crippen LogP contribution in [0.3, 0.4) is 0 Å². The number of benzene rings is 2. The second-order valence-corrected chi connectivity index (χ2v) is 8.86. The van der Waals surface area contributed by atoms with E-state index in [1.54, 1.807) is 0 Å². The zero-order valence-corrected chi connectivity index (χ0v) is 18.3. The quantitative estimate of drug-likeness (QED) is 0.473. The molecule has 156 valence electrons. The van der Waals surface area contributed by atoms with E-state index in [2.05, 4.69) is 57.4 Å². The van der Waals surface area contributed by atoms with E-state index in [4.69, 9.17) is 4.98 Å². The van der Waals surface area contributed by atoms with Gasteiger partial charge in [-0.1, -0.05) is 41.7 Å². The highest BCUT2D eigenvalue weighted by atomic mass is 32.1. The Morgan fingerprint density at radius 3 is 2.87 bits per heavy atom. The van der Waals surface area contributed by atoms with Gasteiger partial charge in [0.05, 0.1) is 22.0 Å². The fourth-order valence-electron chi connectivity index (χ4n) is 4.23. The van der Waals surface area contributed by atoms with E-state index >= 15 is 0 Å². The Bertz CT molecular complexity index is 1270. The van der Waals surface area contributed by atoms with Crippen molar-refractivity contribution in [3.05, 3.63) is 65.9 Å². The first-order valence-corrected chi connectivity index (χ1v) is 11.2. The van der Waals surface area contributed by atoms with Crippen molar-refractivity contribution in [3.8, 4) is 11.3 Å². The van der Waals surface area contributed by atoms with Crippen molar-refractivity contribution in [3.63, 3.8) is 0 Å². The van der Waals surface area contributed by atoms with Crippen LogP contribution in [0.1, 0.15) is 36.9 Å². The zero-order valence-electron chi connectivity index (χ0n) is 17.5. The lowest BCUT2D eigenvalue weighted by Crippen LogP contribution is -2.25. The van der Waals surface area contributed by atoms with Crippen molar-refractivity contribution in [1.29, 1.82) is 0 Å². The summed E-state index contributed by atoms with van der Waals surface area (Å²) < 4.78 is 1.01. The molecule has 1 unspecified atom stereocenters. The summed E-state index contributed by atoms with van der Waals surface area (Å²) in [5.41, 5.74) is 5.43. The first kappa shape index (κ1) is 19.6. The lowest BCUT2D eigenvalue weighted by atomic mass is 9.99. The monoisotopic (exact) mass is 429 g/mol. The number of nitrogens with zero attached hydrogens (tertiary/aromatic N) is 4. The number of nitrogens with one attached hydrogen (secondary N) is 1. The molecule has 1 amide bonds. The normalized spacial score (nSPS) is 16.1. The zero-order chi connectivity index (χ0) is 21.4. The van der Waals surface area contributed by atoms with Crippen molar-refractivity contribution in [2.24, 2.45) is 0 Å². The van der Waals surface area contributed by atoms with Crippen LogP contribution in [0.4, 0.5) is 11.1 Å². The number of aromatic nitrogens is 3. The number of thiazole rings is 1. The number of amides is 1. The molecular weight excluding hydrogens is 406 g/mol. The van der Waals surface area contributed by atoms with Crippen molar-refractivity contribution >= 4 is 38.5 Å². The second-order valence-electron chi connectivity index (χ2n) is 7.83. The second kappa shape index (κ2) is 8.07. The van der Waals surface area contributed by atoms with Crippen LogP contribution in [0.15, 0.2) is 54.7 Å². The Morgan fingerprint density at radius 2 is 2.03 bits per heavy atom. The molecule has 7 heteroatoms. The Balaban J connectivity index is 1.47. The van der Waals surface area contributed by atoms with Gasteiger partial charge in [0.25, 0.3) is 0 Å². The third-order valence-corrected chi connectivity index (χ3v) is 6.60. The van der Waals surface area contributed by atoms with Gasteiger partial charge in [-0.05, 0) is 49.1 Å². The van der Waals surface area contributed by atoms with Crippen molar-refractivity contribution in [1.82, 2.24) is 15.0 Å². The number of carbonyl (C=O) groups excluding carboxylic acids is 1. The minimum atomic E-state index is -0.117. The van der Waals surface area contributed by atoms with Gasteiger partial charge in [-0.15, -0.1) is 0 Å². The maximum Gasteiger partial charge on any atom is 0.226 e. The van der Waals surface area contributed by atoms with Crippen LogP contribution >= 0.6 is 11.3 Å². The molecule has 0 bridgehead atoms. The summed E-state index contributed by atoms with van der Waals surface area (Å²) in [6, 6.07) is 16.9. The van der Waals surface area contributed by atoms with Crippen LogP contribution in [-0.2, 0) is 4.79 Å². The third-order valence-electron chi connectivity index (χ3n) is 5.67. The summed E-state index contributed by atoms with van der Waals surface area (Å²) in [7, 11) is 0. The molecule has 2 aromatic heterocycles. The van der Waals surface area contributed by atoms with Gasteiger partial charge in [-0.2, -0.15) is 0 Å². The third kappa shape index (κ3) is 3.88. The summed E-state index contributed by atoms with van der Waals surface area (Å²) in [5, 5.41) is 3.37. The lowest BCUT2D eigenvalue weighted by Gasteiger charge is -2.26. The smallest absolute Gasteiger partial charge is 0.226 e. The van der Waals surface area contributed by atoms with Crippen molar-refractivity contribution in [2.45, 2.75) is 32.7 Å². The molecule has 1 fully saturated rings. The molecule has 1 atom stereocenters. The lowest BCUT2D eigenvalue weighted by molar-refractivity contribution is -0.114. The Kier molecular flexibility index (Phi) is 5.11. The maximum absolute atomic E-state index is 11.3. The molecule has 6 nitrogen and oxygen atoms in total. The van der Waals surface area contributed by atoms with Gasteiger partial charge < -0.3 is 10.2 Å². The molecule has 0 saturated carbocycles. The summed E-state index contributed by atoms with van der Waals surface area (Å²) in [6.45, 7) is 4.61.